The summed E-state index contributed by atoms with van der Waals surface area (Å²) in [6.45, 7) is 5.94. The minimum Gasteiger partial charge on any atom is -0.388 e. The molecule has 1 atom stereocenters. The Morgan fingerprint density at radius 1 is 1.27 bits per heavy atom. The Balaban J connectivity index is 1.71. The largest absolute Gasteiger partial charge is 0.388 e. The summed E-state index contributed by atoms with van der Waals surface area (Å²) < 4.78 is 0. The second kappa shape index (κ2) is 4.94. The number of hydrogen-bond acceptors (Lipinski definition) is 3. The molecule has 0 spiro atoms. The van der Waals surface area contributed by atoms with Crippen molar-refractivity contribution in [2.24, 2.45) is 5.73 Å². The number of amidine groups is 1. The summed E-state index contributed by atoms with van der Waals surface area (Å²) in [4.78, 5) is 5.08. The third-order valence-electron chi connectivity index (χ3n) is 3.60. The third kappa shape index (κ3) is 2.92. The van der Waals surface area contributed by atoms with Crippen molar-refractivity contribution in [2.45, 2.75) is 31.7 Å². The summed E-state index contributed by atoms with van der Waals surface area (Å²) >= 11 is 0. The van der Waals surface area contributed by atoms with Gasteiger partial charge in [-0.15, -0.1) is 0 Å². The smallest absolute Gasteiger partial charge is 0.0918 e. The summed E-state index contributed by atoms with van der Waals surface area (Å²) in [5, 5.41) is 7.22. The lowest BCUT2D eigenvalue weighted by Gasteiger charge is -2.23. The monoisotopic (exact) mass is 210 g/mol. The van der Waals surface area contributed by atoms with E-state index in [9.17, 15) is 0 Å². The van der Waals surface area contributed by atoms with Crippen LogP contribution in [0.15, 0.2) is 0 Å². The first kappa shape index (κ1) is 10.9. The van der Waals surface area contributed by atoms with Crippen LogP contribution in [-0.2, 0) is 0 Å². The van der Waals surface area contributed by atoms with Crippen LogP contribution >= 0.6 is 0 Å². The van der Waals surface area contributed by atoms with Crippen molar-refractivity contribution in [1.29, 1.82) is 5.41 Å². The van der Waals surface area contributed by atoms with Gasteiger partial charge in [0.15, 0.2) is 0 Å². The summed E-state index contributed by atoms with van der Waals surface area (Å²) in [5.74, 6) is 0.319. The molecule has 0 aromatic heterocycles. The molecular formula is C11H22N4. The second-order valence-electron chi connectivity index (χ2n) is 4.76. The van der Waals surface area contributed by atoms with Gasteiger partial charge in [0.2, 0.25) is 0 Å². The van der Waals surface area contributed by atoms with E-state index >= 15 is 0 Å². The lowest BCUT2D eigenvalue weighted by Crippen LogP contribution is -2.35. The highest BCUT2D eigenvalue weighted by atomic mass is 15.3. The fraction of sp³-hybridized carbons (Fsp3) is 0.909. The van der Waals surface area contributed by atoms with Crippen LogP contribution in [-0.4, -0.2) is 54.4 Å². The molecule has 2 aliphatic heterocycles. The zero-order chi connectivity index (χ0) is 10.7. The first-order chi connectivity index (χ1) is 7.25. The van der Waals surface area contributed by atoms with E-state index in [1.807, 2.05) is 0 Å². The lowest BCUT2D eigenvalue weighted by molar-refractivity contribution is 0.234. The molecule has 0 aromatic rings. The Hall–Kier alpha value is -0.610. The number of nitrogens with zero attached hydrogens (tertiary/aromatic N) is 2. The van der Waals surface area contributed by atoms with Gasteiger partial charge in [-0.1, -0.05) is 0 Å². The van der Waals surface area contributed by atoms with E-state index < -0.39 is 0 Å². The molecule has 4 nitrogen and oxygen atoms in total. The van der Waals surface area contributed by atoms with Gasteiger partial charge in [-0.25, -0.2) is 0 Å². The predicted octanol–water partition coefficient (Wildman–Crippen LogP) is 0.483. The standard InChI is InChI=1S/C11H22N4/c12-11(13)4-8-14-7-3-10(9-14)15-5-1-2-6-15/h10H,1-9H2,(H3,12,13). The van der Waals surface area contributed by atoms with Gasteiger partial charge in [0, 0.05) is 25.6 Å². The number of nitrogens with one attached hydrogen (secondary N) is 1. The highest BCUT2D eigenvalue weighted by molar-refractivity contribution is 5.76. The van der Waals surface area contributed by atoms with E-state index in [0.29, 0.717) is 5.84 Å². The minimum atomic E-state index is 0.319. The summed E-state index contributed by atoms with van der Waals surface area (Å²) in [7, 11) is 0. The average molecular weight is 210 g/mol. The number of nitrogens with two attached hydrogens (primary N) is 1. The number of hydrogen-bond donors (Lipinski definition) is 2. The predicted molar refractivity (Wildman–Crippen MR) is 62.2 cm³/mol. The van der Waals surface area contributed by atoms with Crippen molar-refractivity contribution >= 4 is 5.84 Å². The maximum atomic E-state index is 7.22. The van der Waals surface area contributed by atoms with Gasteiger partial charge in [0.05, 0.1) is 5.84 Å². The highest BCUT2D eigenvalue weighted by Crippen LogP contribution is 2.20. The van der Waals surface area contributed by atoms with Crippen molar-refractivity contribution in [3.63, 3.8) is 0 Å². The molecule has 0 amide bonds. The van der Waals surface area contributed by atoms with Crippen LogP contribution in [0, 0.1) is 5.41 Å². The summed E-state index contributed by atoms with van der Waals surface area (Å²) in [6, 6.07) is 0.777. The molecule has 3 N–H and O–H groups in total. The highest BCUT2D eigenvalue weighted by Gasteiger charge is 2.28. The van der Waals surface area contributed by atoms with Gasteiger partial charge in [-0.3, -0.25) is 10.3 Å². The average Bonchev–Trinajstić information content (AvgIpc) is 2.85. The number of likely N-dealkylation sites (tertiary alicyclic amines) is 2. The zero-order valence-electron chi connectivity index (χ0n) is 9.41. The maximum Gasteiger partial charge on any atom is 0.0918 e. The van der Waals surface area contributed by atoms with Gasteiger partial charge < -0.3 is 10.6 Å². The number of rotatable bonds is 4. The third-order valence-corrected chi connectivity index (χ3v) is 3.60. The van der Waals surface area contributed by atoms with E-state index in [2.05, 4.69) is 9.80 Å². The maximum absolute atomic E-state index is 7.22. The van der Waals surface area contributed by atoms with Crippen LogP contribution < -0.4 is 5.73 Å². The molecule has 0 bridgehead atoms. The van der Waals surface area contributed by atoms with Gasteiger partial charge >= 0.3 is 0 Å². The van der Waals surface area contributed by atoms with Crippen molar-refractivity contribution < 1.29 is 0 Å². The van der Waals surface area contributed by atoms with Crippen LogP contribution in [0.4, 0.5) is 0 Å². The SMILES string of the molecule is N=C(N)CCN1CCC(N2CCCC2)C1. The Morgan fingerprint density at radius 2 is 2.00 bits per heavy atom. The molecule has 2 aliphatic rings. The Kier molecular flexibility index (Phi) is 3.59. The summed E-state index contributed by atoms with van der Waals surface area (Å²) in [5.41, 5.74) is 5.37. The Labute approximate surface area is 91.9 Å². The molecule has 0 saturated carbocycles. The molecule has 15 heavy (non-hydrogen) atoms. The lowest BCUT2D eigenvalue weighted by atomic mass is 10.2. The Morgan fingerprint density at radius 3 is 2.67 bits per heavy atom. The zero-order valence-corrected chi connectivity index (χ0v) is 9.41. The van der Waals surface area contributed by atoms with Crippen LogP contribution in [0.5, 0.6) is 0 Å². The molecule has 0 aromatic carbocycles. The van der Waals surface area contributed by atoms with Crippen LogP contribution in [0.2, 0.25) is 0 Å². The molecule has 2 rings (SSSR count). The van der Waals surface area contributed by atoms with E-state index in [1.54, 1.807) is 0 Å². The van der Waals surface area contributed by atoms with E-state index in [4.69, 9.17) is 11.1 Å². The van der Waals surface area contributed by atoms with Crippen molar-refractivity contribution in [3.8, 4) is 0 Å². The molecule has 0 aliphatic carbocycles. The van der Waals surface area contributed by atoms with Gasteiger partial charge in [-0.05, 0) is 38.9 Å². The van der Waals surface area contributed by atoms with Gasteiger partial charge in [0.1, 0.15) is 0 Å². The normalized spacial score (nSPS) is 28.7. The van der Waals surface area contributed by atoms with Crippen molar-refractivity contribution in [1.82, 2.24) is 9.80 Å². The fourth-order valence-corrected chi connectivity index (χ4v) is 2.70. The first-order valence-electron chi connectivity index (χ1n) is 6.05. The van der Waals surface area contributed by atoms with Crippen LogP contribution in [0.1, 0.15) is 25.7 Å². The summed E-state index contributed by atoms with van der Waals surface area (Å²) in [6.07, 6.45) is 4.79. The first-order valence-corrected chi connectivity index (χ1v) is 6.05. The van der Waals surface area contributed by atoms with Crippen molar-refractivity contribution in [2.75, 3.05) is 32.7 Å². The molecule has 2 fully saturated rings. The van der Waals surface area contributed by atoms with E-state index in [0.717, 1.165) is 19.0 Å². The van der Waals surface area contributed by atoms with Crippen LogP contribution in [0.3, 0.4) is 0 Å². The quantitative estimate of drug-likeness (QED) is 0.524. The van der Waals surface area contributed by atoms with Crippen LogP contribution in [0.25, 0.3) is 0 Å². The van der Waals surface area contributed by atoms with Gasteiger partial charge in [-0.2, -0.15) is 0 Å². The molecule has 2 saturated heterocycles. The molecule has 0 radical (unpaired) electrons. The van der Waals surface area contributed by atoms with E-state index in [1.165, 1.54) is 45.4 Å². The second-order valence-corrected chi connectivity index (χ2v) is 4.76. The molecule has 2 heterocycles. The molecule has 86 valence electrons. The topological polar surface area (TPSA) is 56.4 Å². The van der Waals surface area contributed by atoms with Crippen molar-refractivity contribution in [3.05, 3.63) is 0 Å². The Bertz CT molecular complexity index is 223. The fourth-order valence-electron chi connectivity index (χ4n) is 2.70. The molecule has 4 heteroatoms. The minimum absolute atomic E-state index is 0.319. The van der Waals surface area contributed by atoms with E-state index in [-0.39, 0.29) is 0 Å². The molecule has 1 unspecified atom stereocenters. The molecular weight excluding hydrogens is 188 g/mol. The van der Waals surface area contributed by atoms with Gasteiger partial charge in [0.25, 0.3) is 0 Å².